The van der Waals surface area contributed by atoms with Crippen molar-refractivity contribution in [2.45, 2.75) is 12.1 Å². The number of fused-ring (bicyclic) bond motifs is 2. The normalized spacial score (nSPS) is 13.7. The van der Waals surface area contributed by atoms with Gasteiger partial charge in [0.15, 0.2) is 0 Å². The van der Waals surface area contributed by atoms with E-state index in [0.717, 1.165) is 31.5 Å². The van der Waals surface area contributed by atoms with Crippen LogP contribution in [-0.2, 0) is 9.59 Å². The molecule has 1 atom stereocenters. The van der Waals surface area contributed by atoms with E-state index < -0.39 is 17.9 Å². The van der Waals surface area contributed by atoms with E-state index in [2.05, 4.69) is 0 Å². The minimum absolute atomic E-state index is 0.0584. The number of Topliss-reactive ketones (excluding diaryl/α,β-unsaturated/α-hetero) is 1. The predicted octanol–water partition coefficient (Wildman–Crippen LogP) is 4.53. The van der Waals surface area contributed by atoms with Gasteiger partial charge < -0.3 is 4.79 Å². The van der Waals surface area contributed by atoms with Crippen LogP contribution in [0.3, 0.4) is 0 Å². The maximum Gasteiger partial charge on any atom is 0.451 e. The molecule has 0 radical (unpaired) electrons. The first-order chi connectivity index (χ1) is 9.90. The van der Waals surface area contributed by atoms with Crippen molar-refractivity contribution in [1.29, 1.82) is 0 Å². The lowest BCUT2D eigenvalue weighted by molar-refractivity contribution is -0.172. The maximum absolute atomic E-state index is 12.5. The molecule has 1 unspecified atom stereocenters. The van der Waals surface area contributed by atoms with Gasteiger partial charge in [0.1, 0.15) is 12.2 Å². The fourth-order valence-corrected chi connectivity index (χ4v) is 4.07. The Kier molecular flexibility index (Phi) is 3.33. The standard InChI is InChI=1S/C14H7F3O2S2/c15-14(16,17)13(19)9(6-18)12-5-8-4-10-7(1-2-20-10)3-11(8)21-12/h1-6,9H. The summed E-state index contributed by atoms with van der Waals surface area (Å²) >= 11 is 2.57. The molecule has 0 amide bonds. The smallest absolute Gasteiger partial charge is 0.302 e. The topological polar surface area (TPSA) is 34.1 Å². The number of aldehydes is 1. The van der Waals surface area contributed by atoms with Crippen molar-refractivity contribution >= 4 is 54.9 Å². The van der Waals surface area contributed by atoms with Gasteiger partial charge in [0.05, 0.1) is 0 Å². The number of carbonyl (C=O) groups is 2. The fraction of sp³-hybridized carbons (Fsp3) is 0.143. The zero-order valence-corrected chi connectivity index (χ0v) is 11.9. The number of carbonyl (C=O) groups excluding carboxylic acids is 2. The quantitative estimate of drug-likeness (QED) is 0.523. The zero-order valence-electron chi connectivity index (χ0n) is 10.3. The van der Waals surface area contributed by atoms with Crippen molar-refractivity contribution in [3.05, 3.63) is 34.5 Å². The van der Waals surface area contributed by atoms with Crippen LogP contribution in [0.4, 0.5) is 13.2 Å². The summed E-state index contributed by atoms with van der Waals surface area (Å²) in [5.74, 6) is -3.80. The average molecular weight is 328 g/mol. The molecule has 0 N–H and O–H groups in total. The Hall–Kier alpha value is -1.73. The fourth-order valence-electron chi connectivity index (χ4n) is 2.10. The third-order valence-electron chi connectivity index (χ3n) is 3.11. The molecular formula is C14H7F3O2S2. The first-order valence-electron chi connectivity index (χ1n) is 5.87. The summed E-state index contributed by atoms with van der Waals surface area (Å²) in [5, 5.41) is 3.66. The minimum Gasteiger partial charge on any atom is -0.302 e. The number of thiophene rings is 2. The molecule has 0 aliphatic carbocycles. The number of halogens is 3. The third kappa shape index (κ3) is 2.47. The van der Waals surface area contributed by atoms with Crippen LogP contribution in [0.15, 0.2) is 29.6 Å². The van der Waals surface area contributed by atoms with E-state index in [1.54, 1.807) is 0 Å². The maximum atomic E-state index is 12.5. The largest absolute Gasteiger partial charge is 0.451 e. The van der Waals surface area contributed by atoms with Crippen LogP contribution in [0.25, 0.3) is 20.2 Å². The van der Waals surface area contributed by atoms with Gasteiger partial charge in [0, 0.05) is 14.3 Å². The molecule has 0 saturated carbocycles. The highest BCUT2D eigenvalue weighted by molar-refractivity contribution is 7.20. The van der Waals surface area contributed by atoms with Gasteiger partial charge in [-0.05, 0) is 40.4 Å². The summed E-state index contributed by atoms with van der Waals surface area (Å²) in [6.07, 6.45) is -4.95. The summed E-state index contributed by atoms with van der Waals surface area (Å²) in [5.41, 5.74) is 0. The molecule has 0 spiro atoms. The SMILES string of the molecule is O=CC(C(=O)C(F)(F)F)c1cc2cc3sccc3cc2s1. The number of hydrogen-bond donors (Lipinski definition) is 0. The van der Waals surface area contributed by atoms with E-state index in [0.29, 0.717) is 0 Å². The Morgan fingerprint density at radius 2 is 1.86 bits per heavy atom. The van der Waals surface area contributed by atoms with Crippen molar-refractivity contribution in [2.24, 2.45) is 0 Å². The second-order valence-corrected chi connectivity index (χ2v) is 6.54. The number of benzene rings is 1. The van der Waals surface area contributed by atoms with Gasteiger partial charge in [-0.1, -0.05) is 0 Å². The molecule has 0 fully saturated rings. The van der Waals surface area contributed by atoms with Crippen LogP contribution in [-0.4, -0.2) is 18.2 Å². The highest BCUT2D eigenvalue weighted by Gasteiger charge is 2.44. The number of hydrogen-bond acceptors (Lipinski definition) is 4. The van der Waals surface area contributed by atoms with E-state index in [4.69, 9.17) is 0 Å². The van der Waals surface area contributed by atoms with Crippen LogP contribution >= 0.6 is 22.7 Å². The monoisotopic (exact) mass is 328 g/mol. The summed E-state index contributed by atoms with van der Waals surface area (Å²) in [6.45, 7) is 0. The van der Waals surface area contributed by atoms with Gasteiger partial charge in [-0.2, -0.15) is 13.2 Å². The van der Waals surface area contributed by atoms with Gasteiger partial charge in [-0.25, -0.2) is 0 Å². The summed E-state index contributed by atoms with van der Waals surface area (Å²) < 4.78 is 39.3. The lowest BCUT2D eigenvalue weighted by Gasteiger charge is -2.09. The van der Waals surface area contributed by atoms with Crippen molar-refractivity contribution in [1.82, 2.24) is 0 Å². The van der Waals surface area contributed by atoms with Crippen molar-refractivity contribution < 1.29 is 22.8 Å². The van der Waals surface area contributed by atoms with E-state index in [1.807, 2.05) is 23.6 Å². The zero-order chi connectivity index (χ0) is 15.2. The Labute approximate surface area is 124 Å². The molecule has 0 saturated heterocycles. The second-order valence-electron chi connectivity index (χ2n) is 4.47. The van der Waals surface area contributed by atoms with Crippen LogP contribution in [0, 0.1) is 0 Å². The first-order valence-corrected chi connectivity index (χ1v) is 7.57. The lowest BCUT2D eigenvalue weighted by atomic mass is 10.0. The van der Waals surface area contributed by atoms with Crippen LogP contribution in [0.2, 0.25) is 0 Å². The third-order valence-corrected chi connectivity index (χ3v) is 5.18. The van der Waals surface area contributed by atoms with Crippen molar-refractivity contribution in [3.8, 4) is 0 Å². The van der Waals surface area contributed by atoms with Gasteiger partial charge >= 0.3 is 6.18 Å². The Bertz CT molecular complexity index is 797. The van der Waals surface area contributed by atoms with E-state index >= 15 is 0 Å². The molecule has 7 heteroatoms. The summed E-state index contributed by atoms with van der Waals surface area (Å²) in [7, 11) is 0. The molecule has 3 rings (SSSR count). The van der Waals surface area contributed by atoms with Gasteiger partial charge in [0.2, 0.25) is 0 Å². The molecule has 0 bridgehead atoms. The van der Waals surface area contributed by atoms with Crippen molar-refractivity contribution in [3.63, 3.8) is 0 Å². The molecule has 0 aliphatic rings. The van der Waals surface area contributed by atoms with E-state index in [-0.39, 0.29) is 11.2 Å². The highest BCUT2D eigenvalue weighted by atomic mass is 32.1. The molecular weight excluding hydrogens is 321 g/mol. The summed E-state index contributed by atoms with van der Waals surface area (Å²) in [4.78, 5) is 22.4. The molecule has 2 aromatic heterocycles. The minimum atomic E-state index is -5.01. The first kappa shape index (κ1) is 14.2. The predicted molar refractivity (Wildman–Crippen MR) is 77.1 cm³/mol. The van der Waals surface area contributed by atoms with Crippen LogP contribution in [0.1, 0.15) is 10.8 Å². The van der Waals surface area contributed by atoms with E-state index in [9.17, 15) is 22.8 Å². The Morgan fingerprint density at radius 1 is 1.14 bits per heavy atom. The molecule has 1 aromatic carbocycles. The van der Waals surface area contributed by atoms with Gasteiger partial charge in [-0.3, -0.25) is 4.79 Å². The second kappa shape index (κ2) is 4.92. The number of alkyl halides is 3. The van der Waals surface area contributed by atoms with Gasteiger partial charge in [-0.15, -0.1) is 22.7 Å². The molecule has 21 heavy (non-hydrogen) atoms. The van der Waals surface area contributed by atoms with Crippen LogP contribution in [0.5, 0.6) is 0 Å². The lowest BCUT2D eigenvalue weighted by Crippen LogP contribution is -2.29. The Balaban J connectivity index is 2.10. The number of rotatable bonds is 3. The van der Waals surface area contributed by atoms with Crippen LogP contribution < -0.4 is 0 Å². The molecule has 108 valence electrons. The molecule has 0 aliphatic heterocycles. The Morgan fingerprint density at radius 3 is 2.52 bits per heavy atom. The average Bonchev–Trinajstić information content (AvgIpc) is 3.00. The molecule has 3 aromatic rings. The highest BCUT2D eigenvalue weighted by Crippen LogP contribution is 2.37. The van der Waals surface area contributed by atoms with Crippen molar-refractivity contribution in [2.75, 3.05) is 0 Å². The van der Waals surface area contributed by atoms with Gasteiger partial charge in [0.25, 0.3) is 5.78 Å². The number of ketones is 1. The molecule has 2 nitrogen and oxygen atoms in total. The summed E-state index contributed by atoms with van der Waals surface area (Å²) in [6, 6.07) is 7.11. The molecule has 2 heterocycles. The van der Waals surface area contributed by atoms with E-state index in [1.165, 1.54) is 17.4 Å².